The largest absolute Gasteiger partial charge is 0.310 e. The number of hydrogen-bond donors (Lipinski definition) is 2. The van der Waals surface area contributed by atoms with Gasteiger partial charge in [0.05, 0.1) is 0 Å². The lowest BCUT2D eigenvalue weighted by atomic mass is 9.74. The Bertz CT molecular complexity index is 341. The summed E-state index contributed by atoms with van der Waals surface area (Å²) in [4.78, 5) is 0. The van der Waals surface area contributed by atoms with Gasteiger partial charge in [-0.15, -0.1) is 0 Å². The number of hydrogen-bond acceptors (Lipinski definition) is 2. The average Bonchev–Trinajstić information content (AvgIpc) is 2.37. The van der Waals surface area contributed by atoms with Crippen molar-refractivity contribution < 1.29 is 0 Å². The first kappa shape index (κ1) is 10.3. The standard InChI is InChI=1S/C14H20N2/c1-2-6-12(7-3-1)10-13-14(11-15-13)8-4-5-9-16-14/h1-3,6-7,13,15-16H,4-5,8-11H2. The molecule has 3 rings (SSSR count). The Morgan fingerprint density at radius 1 is 1.19 bits per heavy atom. The zero-order chi connectivity index (χ0) is 10.8. The molecule has 0 aliphatic carbocycles. The van der Waals surface area contributed by atoms with Crippen molar-refractivity contribution in [3.8, 4) is 0 Å². The van der Waals surface area contributed by atoms with Crippen LogP contribution in [0.3, 0.4) is 0 Å². The van der Waals surface area contributed by atoms with Crippen LogP contribution in [0.1, 0.15) is 24.8 Å². The maximum atomic E-state index is 3.74. The lowest BCUT2D eigenvalue weighted by molar-refractivity contribution is 0.0979. The molecule has 2 saturated heterocycles. The topological polar surface area (TPSA) is 24.1 Å². The van der Waals surface area contributed by atoms with Gasteiger partial charge in [-0.1, -0.05) is 36.8 Å². The molecule has 0 radical (unpaired) electrons. The lowest BCUT2D eigenvalue weighted by Crippen LogP contribution is -2.76. The van der Waals surface area contributed by atoms with Crippen molar-refractivity contribution in [3.63, 3.8) is 0 Å². The predicted octanol–water partition coefficient (Wildman–Crippen LogP) is 1.71. The van der Waals surface area contributed by atoms with Crippen molar-refractivity contribution in [2.45, 2.75) is 37.3 Å². The van der Waals surface area contributed by atoms with Crippen molar-refractivity contribution in [2.24, 2.45) is 0 Å². The summed E-state index contributed by atoms with van der Waals surface area (Å²) in [7, 11) is 0. The van der Waals surface area contributed by atoms with E-state index in [1.54, 1.807) is 0 Å². The van der Waals surface area contributed by atoms with Crippen LogP contribution in [0, 0.1) is 0 Å². The van der Waals surface area contributed by atoms with Gasteiger partial charge in [0.2, 0.25) is 0 Å². The van der Waals surface area contributed by atoms with E-state index < -0.39 is 0 Å². The Morgan fingerprint density at radius 2 is 2.06 bits per heavy atom. The maximum Gasteiger partial charge on any atom is 0.0464 e. The Labute approximate surface area is 97.4 Å². The molecule has 2 aliphatic rings. The van der Waals surface area contributed by atoms with E-state index in [0.717, 1.165) is 13.0 Å². The molecule has 2 N–H and O–H groups in total. The summed E-state index contributed by atoms with van der Waals surface area (Å²) in [6.45, 7) is 2.36. The molecule has 0 amide bonds. The van der Waals surface area contributed by atoms with E-state index in [-0.39, 0.29) is 0 Å². The van der Waals surface area contributed by atoms with Crippen molar-refractivity contribution in [1.29, 1.82) is 0 Å². The third kappa shape index (κ3) is 1.76. The van der Waals surface area contributed by atoms with Crippen molar-refractivity contribution >= 4 is 0 Å². The van der Waals surface area contributed by atoms with Crippen LogP contribution in [-0.4, -0.2) is 24.7 Å². The second-order valence-corrected chi connectivity index (χ2v) is 5.16. The monoisotopic (exact) mass is 216 g/mol. The molecule has 2 unspecified atom stereocenters. The van der Waals surface area contributed by atoms with E-state index in [0.29, 0.717) is 11.6 Å². The van der Waals surface area contributed by atoms with Gasteiger partial charge in [-0.3, -0.25) is 0 Å². The molecule has 2 nitrogen and oxygen atoms in total. The van der Waals surface area contributed by atoms with E-state index in [4.69, 9.17) is 0 Å². The van der Waals surface area contributed by atoms with Crippen LogP contribution < -0.4 is 10.6 Å². The van der Waals surface area contributed by atoms with E-state index in [2.05, 4.69) is 41.0 Å². The molecule has 16 heavy (non-hydrogen) atoms. The van der Waals surface area contributed by atoms with Crippen LogP contribution in [0.2, 0.25) is 0 Å². The van der Waals surface area contributed by atoms with Crippen LogP contribution in [0.5, 0.6) is 0 Å². The molecule has 1 aromatic carbocycles. The first-order valence-electron chi connectivity index (χ1n) is 6.41. The predicted molar refractivity (Wildman–Crippen MR) is 66.5 cm³/mol. The minimum absolute atomic E-state index is 0.411. The molecule has 0 aromatic heterocycles. The van der Waals surface area contributed by atoms with Gasteiger partial charge in [0.25, 0.3) is 0 Å². The Balaban J connectivity index is 1.67. The van der Waals surface area contributed by atoms with Crippen molar-refractivity contribution in [1.82, 2.24) is 10.6 Å². The Hall–Kier alpha value is -0.860. The third-order valence-electron chi connectivity index (χ3n) is 4.14. The highest BCUT2D eigenvalue weighted by Gasteiger charge is 2.46. The molecule has 0 saturated carbocycles. The van der Waals surface area contributed by atoms with Gasteiger partial charge < -0.3 is 10.6 Å². The maximum absolute atomic E-state index is 3.74. The van der Waals surface area contributed by atoms with Gasteiger partial charge in [-0.2, -0.15) is 0 Å². The fraction of sp³-hybridized carbons (Fsp3) is 0.571. The van der Waals surface area contributed by atoms with Gasteiger partial charge in [0.15, 0.2) is 0 Å². The van der Waals surface area contributed by atoms with Crippen LogP contribution >= 0.6 is 0 Å². The summed E-state index contributed by atoms with van der Waals surface area (Å²) in [5.41, 5.74) is 1.86. The summed E-state index contributed by atoms with van der Waals surface area (Å²) in [6, 6.07) is 11.5. The van der Waals surface area contributed by atoms with Crippen LogP contribution in [0.4, 0.5) is 0 Å². The van der Waals surface area contributed by atoms with Crippen molar-refractivity contribution in [3.05, 3.63) is 35.9 Å². The van der Waals surface area contributed by atoms with Gasteiger partial charge in [0, 0.05) is 18.1 Å². The number of rotatable bonds is 2. The van der Waals surface area contributed by atoms with Gasteiger partial charge in [0.1, 0.15) is 0 Å². The molecular weight excluding hydrogens is 196 g/mol. The first-order chi connectivity index (χ1) is 7.89. The first-order valence-corrected chi connectivity index (χ1v) is 6.41. The summed E-state index contributed by atoms with van der Waals surface area (Å²) in [5, 5.41) is 7.33. The highest BCUT2D eigenvalue weighted by Crippen LogP contribution is 2.30. The highest BCUT2D eigenvalue weighted by atomic mass is 15.2. The van der Waals surface area contributed by atoms with Crippen molar-refractivity contribution in [2.75, 3.05) is 13.1 Å². The number of benzene rings is 1. The molecule has 2 fully saturated rings. The summed E-state index contributed by atoms with van der Waals surface area (Å²) in [6.07, 6.45) is 5.24. The van der Waals surface area contributed by atoms with Gasteiger partial charge >= 0.3 is 0 Å². The fourth-order valence-electron chi connectivity index (χ4n) is 3.05. The Kier molecular flexibility index (Phi) is 2.70. The zero-order valence-electron chi connectivity index (χ0n) is 9.71. The molecule has 1 aromatic rings. The molecule has 2 aliphatic heterocycles. The lowest BCUT2D eigenvalue weighted by Gasteiger charge is -2.53. The molecule has 2 heterocycles. The number of nitrogens with one attached hydrogen (secondary N) is 2. The van der Waals surface area contributed by atoms with Crippen LogP contribution in [-0.2, 0) is 6.42 Å². The van der Waals surface area contributed by atoms with E-state index in [9.17, 15) is 0 Å². The van der Waals surface area contributed by atoms with E-state index >= 15 is 0 Å². The summed E-state index contributed by atoms with van der Waals surface area (Å²) in [5.74, 6) is 0. The SMILES string of the molecule is c1ccc(CC2NCC23CCCCN3)cc1. The van der Waals surface area contributed by atoms with E-state index in [1.165, 1.54) is 31.4 Å². The Morgan fingerprint density at radius 3 is 2.69 bits per heavy atom. The molecular formula is C14H20N2. The molecule has 1 spiro atoms. The average molecular weight is 216 g/mol. The highest BCUT2D eigenvalue weighted by molar-refractivity contribution is 5.21. The molecule has 0 bridgehead atoms. The van der Waals surface area contributed by atoms with Crippen LogP contribution in [0.25, 0.3) is 0 Å². The summed E-state index contributed by atoms with van der Waals surface area (Å²) < 4.78 is 0. The van der Waals surface area contributed by atoms with E-state index in [1.807, 2.05) is 0 Å². The zero-order valence-corrected chi connectivity index (χ0v) is 9.71. The molecule has 2 atom stereocenters. The quantitative estimate of drug-likeness (QED) is 0.786. The van der Waals surface area contributed by atoms with Gasteiger partial charge in [-0.05, 0) is 31.4 Å². The second kappa shape index (κ2) is 4.19. The molecule has 86 valence electrons. The fourth-order valence-corrected chi connectivity index (χ4v) is 3.05. The molecule has 2 heteroatoms. The van der Waals surface area contributed by atoms with Gasteiger partial charge in [-0.25, -0.2) is 0 Å². The summed E-state index contributed by atoms with van der Waals surface area (Å²) >= 11 is 0. The smallest absolute Gasteiger partial charge is 0.0464 e. The third-order valence-corrected chi connectivity index (χ3v) is 4.14. The minimum Gasteiger partial charge on any atom is -0.310 e. The normalized spacial score (nSPS) is 33.6. The van der Waals surface area contributed by atoms with Crippen LogP contribution in [0.15, 0.2) is 30.3 Å². The number of piperidine rings is 1. The second-order valence-electron chi connectivity index (χ2n) is 5.16. The minimum atomic E-state index is 0.411.